The van der Waals surface area contributed by atoms with Crippen molar-refractivity contribution in [1.29, 1.82) is 0 Å². The number of carbonyl (C=O) groups is 1. The fourth-order valence-electron chi connectivity index (χ4n) is 0.535. The number of hydrogen-bond donors (Lipinski definition) is 0. The molecule has 2 atom stereocenters. The number of thioether (sulfide) groups is 1. The van der Waals surface area contributed by atoms with Crippen LogP contribution in [-0.2, 0) is 15.6 Å². The summed E-state index contributed by atoms with van der Waals surface area (Å²) in [6.07, 6.45) is 3.33. The SMILES string of the molecule is CS[C@@H](C(C)=O)S(C)=O. The van der Waals surface area contributed by atoms with Crippen LogP contribution in [0.25, 0.3) is 0 Å². The maximum absolute atomic E-state index is 10.7. The fourth-order valence-corrected chi connectivity index (χ4v) is 2.42. The minimum absolute atomic E-state index is 0.0108. The Balaban J connectivity index is 3.99. The molecule has 54 valence electrons. The predicted octanol–water partition coefficient (Wildman–Crippen LogP) is 0.643. The Kier molecular flexibility index (Phi) is 4.14. The van der Waals surface area contributed by atoms with Crippen molar-refractivity contribution in [3.05, 3.63) is 0 Å². The third-order valence-electron chi connectivity index (χ3n) is 0.847. The van der Waals surface area contributed by atoms with Gasteiger partial charge >= 0.3 is 0 Å². The molecule has 0 N–H and O–H groups in total. The summed E-state index contributed by atoms with van der Waals surface area (Å²) in [6.45, 7) is 1.46. The van der Waals surface area contributed by atoms with Gasteiger partial charge < -0.3 is 0 Å². The zero-order chi connectivity index (χ0) is 7.44. The maximum Gasteiger partial charge on any atom is 0.155 e. The zero-order valence-electron chi connectivity index (χ0n) is 5.71. The molecular formula is C5H10O2S2. The summed E-state index contributed by atoms with van der Waals surface area (Å²) in [6, 6.07) is 0. The second-order valence-electron chi connectivity index (χ2n) is 1.68. The lowest BCUT2D eigenvalue weighted by Gasteiger charge is -2.04. The standard InChI is InChI=1S/C5H10O2S2/c1-4(6)5(8-2)9(3)7/h5H,1-3H3/t5-,9?/m1/s1. The average molecular weight is 166 g/mol. The van der Waals surface area contributed by atoms with E-state index in [2.05, 4.69) is 0 Å². The number of carbonyl (C=O) groups excluding carboxylic acids is 1. The van der Waals surface area contributed by atoms with Crippen molar-refractivity contribution in [3.8, 4) is 0 Å². The first-order valence-corrected chi connectivity index (χ1v) is 5.36. The van der Waals surface area contributed by atoms with E-state index in [1.165, 1.54) is 18.7 Å². The molecule has 0 aromatic carbocycles. The molecule has 0 saturated carbocycles. The van der Waals surface area contributed by atoms with Crippen LogP contribution in [0.15, 0.2) is 0 Å². The Bertz CT molecular complexity index is 119. The van der Waals surface area contributed by atoms with Crippen molar-refractivity contribution in [1.82, 2.24) is 0 Å². The Morgan fingerprint density at radius 3 is 2.11 bits per heavy atom. The molecule has 0 aliphatic rings. The monoisotopic (exact) mass is 166 g/mol. The van der Waals surface area contributed by atoms with Crippen molar-refractivity contribution < 1.29 is 9.00 Å². The first kappa shape index (κ1) is 9.17. The van der Waals surface area contributed by atoms with Gasteiger partial charge in [0.2, 0.25) is 0 Å². The first-order valence-electron chi connectivity index (χ1n) is 2.45. The molecule has 9 heavy (non-hydrogen) atoms. The second-order valence-corrected chi connectivity index (χ2v) is 4.39. The highest BCUT2D eigenvalue weighted by atomic mass is 32.2. The van der Waals surface area contributed by atoms with Crippen LogP contribution in [0, 0.1) is 0 Å². The van der Waals surface area contributed by atoms with Crippen LogP contribution in [0.4, 0.5) is 0 Å². The fraction of sp³-hybridized carbons (Fsp3) is 0.800. The molecule has 0 rings (SSSR count). The molecule has 0 fully saturated rings. The third-order valence-corrected chi connectivity index (χ3v) is 3.93. The van der Waals surface area contributed by atoms with E-state index in [9.17, 15) is 9.00 Å². The predicted molar refractivity (Wildman–Crippen MR) is 42.1 cm³/mol. The quantitative estimate of drug-likeness (QED) is 0.617. The van der Waals surface area contributed by atoms with E-state index < -0.39 is 10.8 Å². The second kappa shape index (κ2) is 4.06. The van der Waals surface area contributed by atoms with Gasteiger partial charge in [-0.1, -0.05) is 0 Å². The van der Waals surface area contributed by atoms with Gasteiger partial charge in [0, 0.05) is 17.1 Å². The Labute approximate surface area is 61.9 Å². The summed E-state index contributed by atoms with van der Waals surface area (Å²) in [7, 11) is -1.02. The van der Waals surface area contributed by atoms with Crippen molar-refractivity contribution >= 4 is 28.3 Å². The minimum atomic E-state index is -1.02. The molecule has 0 aliphatic carbocycles. The molecule has 0 bridgehead atoms. The molecule has 0 saturated heterocycles. The molecule has 2 nitrogen and oxygen atoms in total. The van der Waals surface area contributed by atoms with Gasteiger partial charge in [-0.05, 0) is 13.2 Å². The van der Waals surface area contributed by atoms with E-state index >= 15 is 0 Å². The average Bonchev–Trinajstić information content (AvgIpc) is 1.64. The molecule has 0 amide bonds. The lowest BCUT2D eigenvalue weighted by atomic mass is 10.5. The highest BCUT2D eigenvalue weighted by Crippen LogP contribution is 2.09. The normalized spacial score (nSPS) is 16.8. The molecule has 0 radical (unpaired) electrons. The molecule has 4 heteroatoms. The molecule has 0 aromatic heterocycles. The van der Waals surface area contributed by atoms with Gasteiger partial charge in [-0.2, -0.15) is 0 Å². The van der Waals surface area contributed by atoms with Crippen LogP contribution < -0.4 is 0 Å². The van der Waals surface area contributed by atoms with Gasteiger partial charge in [0.1, 0.15) is 4.58 Å². The summed E-state index contributed by atoms with van der Waals surface area (Å²) < 4.78 is 10.4. The van der Waals surface area contributed by atoms with Crippen molar-refractivity contribution in [2.45, 2.75) is 11.5 Å². The number of ketones is 1. The number of Topliss-reactive ketones (excluding diaryl/α,β-unsaturated/α-hetero) is 1. The zero-order valence-corrected chi connectivity index (χ0v) is 7.34. The van der Waals surface area contributed by atoms with E-state index in [-0.39, 0.29) is 10.4 Å². The van der Waals surface area contributed by atoms with Crippen LogP contribution in [-0.4, -0.2) is 27.1 Å². The summed E-state index contributed by atoms with van der Waals surface area (Å²) in [5.41, 5.74) is 0. The molecule has 0 aliphatic heterocycles. The van der Waals surface area contributed by atoms with Crippen LogP contribution >= 0.6 is 11.8 Å². The molecular weight excluding hydrogens is 156 g/mol. The van der Waals surface area contributed by atoms with Gasteiger partial charge in [0.15, 0.2) is 5.78 Å². The van der Waals surface area contributed by atoms with Gasteiger partial charge in [0.25, 0.3) is 0 Å². The van der Waals surface area contributed by atoms with Gasteiger partial charge in [-0.15, -0.1) is 11.8 Å². The van der Waals surface area contributed by atoms with Crippen molar-refractivity contribution in [3.63, 3.8) is 0 Å². The Morgan fingerprint density at radius 2 is 2.11 bits per heavy atom. The highest BCUT2D eigenvalue weighted by molar-refractivity contribution is 8.11. The van der Waals surface area contributed by atoms with Crippen LogP contribution in [0.1, 0.15) is 6.92 Å². The smallest absolute Gasteiger partial charge is 0.155 e. The summed E-state index contributed by atoms with van der Waals surface area (Å²) in [5.74, 6) is -0.0108. The lowest BCUT2D eigenvalue weighted by Crippen LogP contribution is -2.17. The lowest BCUT2D eigenvalue weighted by molar-refractivity contribution is -0.115. The van der Waals surface area contributed by atoms with E-state index in [0.717, 1.165) is 0 Å². The van der Waals surface area contributed by atoms with E-state index in [0.29, 0.717) is 0 Å². The molecule has 0 spiro atoms. The summed E-state index contributed by atoms with van der Waals surface area (Å²) >= 11 is 1.34. The van der Waals surface area contributed by atoms with Gasteiger partial charge in [0.05, 0.1) is 0 Å². The first-order chi connectivity index (χ1) is 4.09. The molecule has 1 unspecified atom stereocenters. The largest absolute Gasteiger partial charge is 0.298 e. The molecule has 0 heterocycles. The van der Waals surface area contributed by atoms with E-state index in [4.69, 9.17) is 0 Å². The topological polar surface area (TPSA) is 34.1 Å². The summed E-state index contributed by atoms with van der Waals surface area (Å²) in [5, 5.41) is 0. The minimum Gasteiger partial charge on any atom is -0.298 e. The van der Waals surface area contributed by atoms with E-state index in [1.54, 1.807) is 12.5 Å². The highest BCUT2D eigenvalue weighted by Gasteiger charge is 2.15. The number of rotatable bonds is 3. The van der Waals surface area contributed by atoms with Crippen molar-refractivity contribution in [2.75, 3.05) is 12.5 Å². The third kappa shape index (κ3) is 3.01. The maximum atomic E-state index is 10.7. The van der Waals surface area contributed by atoms with Gasteiger partial charge in [-0.3, -0.25) is 9.00 Å². The summed E-state index contributed by atoms with van der Waals surface area (Å²) in [4.78, 5) is 10.6. The Morgan fingerprint density at radius 1 is 1.67 bits per heavy atom. The number of hydrogen-bond acceptors (Lipinski definition) is 3. The Hall–Kier alpha value is 0.170. The van der Waals surface area contributed by atoms with Crippen LogP contribution in [0.2, 0.25) is 0 Å². The van der Waals surface area contributed by atoms with Gasteiger partial charge in [-0.25, -0.2) is 0 Å². The van der Waals surface area contributed by atoms with E-state index in [1.807, 2.05) is 0 Å². The van der Waals surface area contributed by atoms with Crippen LogP contribution in [0.3, 0.4) is 0 Å². The molecule has 0 aromatic rings. The van der Waals surface area contributed by atoms with Crippen LogP contribution in [0.5, 0.6) is 0 Å². The van der Waals surface area contributed by atoms with Crippen molar-refractivity contribution in [2.24, 2.45) is 0 Å².